The molecule has 0 spiro atoms. The molecule has 0 atom stereocenters. The molecule has 0 fully saturated rings. The average Bonchev–Trinajstić information content (AvgIpc) is 2.49. The highest BCUT2D eigenvalue weighted by atomic mass is 19.1. The van der Waals surface area contributed by atoms with Gasteiger partial charge >= 0.3 is 0 Å². The van der Waals surface area contributed by atoms with E-state index in [0.29, 0.717) is 22.4 Å². The lowest BCUT2D eigenvalue weighted by Crippen LogP contribution is -1.97. The van der Waals surface area contributed by atoms with Gasteiger partial charge in [-0.2, -0.15) is 10.2 Å². The van der Waals surface area contributed by atoms with E-state index in [2.05, 4.69) is 15.2 Å². The van der Waals surface area contributed by atoms with Crippen LogP contribution >= 0.6 is 0 Å². The third-order valence-electron chi connectivity index (χ3n) is 2.88. The summed E-state index contributed by atoms with van der Waals surface area (Å²) < 4.78 is 13.4. The number of halogens is 1. The van der Waals surface area contributed by atoms with E-state index in [1.807, 2.05) is 0 Å². The first kappa shape index (κ1) is 14.8. The van der Waals surface area contributed by atoms with Gasteiger partial charge in [-0.15, -0.1) is 0 Å². The minimum atomic E-state index is -0.393. The summed E-state index contributed by atoms with van der Waals surface area (Å²) in [5.41, 5.74) is 1.51. The molecule has 5 nitrogen and oxygen atoms in total. The van der Waals surface area contributed by atoms with E-state index >= 15 is 0 Å². The Morgan fingerprint density at radius 1 is 1.24 bits per heavy atom. The largest absolute Gasteiger partial charge is 0.505 e. The Morgan fingerprint density at radius 2 is 1.95 bits per heavy atom. The van der Waals surface area contributed by atoms with E-state index in [1.165, 1.54) is 24.7 Å². The average molecular weight is 287 g/mol. The Labute approximate surface area is 121 Å². The molecule has 0 aliphatic rings. The molecular formula is C15H14FN3O2. The van der Waals surface area contributed by atoms with Crippen LogP contribution in [-0.4, -0.2) is 27.6 Å². The number of aliphatic hydroxyl groups excluding tert-OH is 1. The van der Waals surface area contributed by atoms with Crippen LogP contribution in [0.5, 0.6) is 5.75 Å². The predicted molar refractivity (Wildman–Crippen MR) is 78.1 cm³/mol. The van der Waals surface area contributed by atoms with E-state index in [1.54, 1.807) is 25.1 Å². The number of nitrogens with zero attached hydrogens (tertiary/aromatic N) is 3. The van der Waals surface area contributed by atoms with Crippen molar-refractivity contribution in [3.8, 4) is 5.75 Å². The van der Waals surface area contributed by atoms with Gasteiger partial charge in [0.25, 0.3) is 0 Å². The Bertz CT molecular complexity index is 699. The summed E-state index contributed by atoms with van der Waals surface area (Å²) in [5.74, 6) is -0.457. The number of aliphatic hydroxyl groups is 1. The lowest BCUT2D eigenvalue weighted by atomic mass is 10.1. The Hall–Kier alpha value is -2.60. The van der Waals surface area contributed by atoms with Crippen molar-refractivity contribution in [1.82, 2.24) is 4.98 Å². The zero-order valence-corrected chi connectivity index (χ0v) is 11.4. The van der Waals surface area contributed by atoms with Gasteiger partial charge in [0.2, 0.25) is 0 Å². The molecule has 0 amide bonds. The fourth-order valence-corrected chi connectivity index (χ4v) is 1.69. The fourth-order valence-electron chi connectivity index (χ4n) is 1.69. The van der Waals surface area contributed by atoms with Gasteiger partial charge in [0.1, 0.15) is 11.6 Å². The van der Waals surface area contributed by atoms with Crippen molar-refractivity contribution in [1.29, 1.82) is 0 Å². The normalized spacial score (nSPS) is 11.6. The predicted octanol–water partition coefficient (Wildman–Crippen LogP) is 2.18. The Morgan fingerprint density at radius 3 is 2.67 bits per heavy atom. The van der Waals surface area contributed by atoms with E-state index in [4.69, 9.17) is 0 Å². The van der Waals surface area contributed by atoms with E-state index < -0.39 is 5.82 Å². The molecule has 0 saturated heterocycles. The zero-order valence-electron chi connectivity index (χ0n) is 11.4. The highest BCUT2D eigenvalue weighted by molar-refractivity contribution is 5.86. The summed E-state index contributed by atoms with van der Waals surface area (Å²) in [5, 5.41) is 26.6. The highest BCUT2D eigenvalue weighted by Crippen LogP contribution is 2.21. The van der Waals surface area contributed by atoms with Crippen molar-refractivity contribution in [2.24, 2.45) is 10.2 Å². The van der Waals surface area contributed by atoms with E-state index in [0.717, 1.165) is 0 Å². The number of aryl methyl sites for hydroxylation is 1. The maximum absolute atomic E-state index is 13.4. The minimum Gasteiger partial charge on any atom is -0.505 e. The summed E-state index contributed by atoms with van der Waals surface area (Å²) in [6.07, 6.45) is 4.03. The monoisotopic (exact) mass is 287 g/mol. The smallest absolute Gasteiger partial charge is 0.145 e. The minimum absolute atomic E-state index is 0.0635. The van der Waals surface area contributed by atoms with Crippen molar-refractivity contribution >= 4 is 12.4 Å². The maximum Gasteiger partial charge on any atom is 0.145 e. The molecule has 21 heavy (non-hydrogen) atoms. The number of hydrogen-bond acceptors (Lipinski definition) is 5. The van der Waals surface area contributed by atoms with Crippen LogP contribution in [0.3, 0.4) is 0 Å². The molecule has 0 bridgehead atoms. The second kappa shape index (κ2) is 6.71. The SMILES string of the molecule is Cc1ncc(CO)c(C=NN=Cc2ccccc2F)c1O. The molecule has 0 radical (unpaired) electrons. The number of benzene rings is 1. The summed E-state index contributed by atoms with van der Waals surface area (Å²) >= 11 is 0. The van der Waals surface area contributed by atoms with Gasteiger partial charge in [-0.25, -0.2) is 4.39 Å². The molecule has 0 unspecified atom stereocenters. The molecule has 108 valence electrons. The first-order chi connectivity index (χ1) is 10.1. The fraction of sp³-hybridized carbons (Fsp3) is 0.133. The molecule has 2 rings (SSSR count). The van der Waals surface area contributed by atoms with E-state index in [-0.39, 0.29) is 12.4 Å². The quantitative estimate of drug-likeness (QED) is 0.668. The van der Waals surface area contributed by atoms with Crippen LogP contribution < -0.4 is 0 Å². The number of aromatic hydroxyl groups is 1. The first-order valence-electron chi connectivity index (χ1n) is 6.22. The molecule has 2 aromatic rings. The van der Waals surface area contributed by atoms with Gasteiger partial charge < -0.3 is 10.2 Å². The number of hydrogen-bond donors (Lipinski definition) is 2. The third-order valence-corrected chi connectivity index (χ3v) is 2.88. The van der Waals surface area contributed by atoms with Crippen molar-refractivity contribution in [2.45, 2.75) is 13.5 Å². The van der Waals surface area contributed by atoms with Gasteiger partial charge in [-0.3, -0.25) is 4.98 Å². The second-order valence-corrected chi connectivity index (χ2v) is 4.30. The molecule has 1 heterocycles. The van der Waals surface area contributed by atoms with Crippen molar-refractivity contribution in [2.75, 3.05) is 0 Å². The van der Waals surface area contributed by atoms with Crippen LogP contribution in [0.25, 0.3) is 0 Å². The van der Waals surface area contributed by atoms with Crippen LogP contribution in [0.15, 0.2) is 40.7 Å². The molecule has 0 saturated carbocycles. The van der Waals surface area contributed by atoms with Gasteiger partial charge in [-0.05, 0) is 13.0 Å². The molecule has 0 aliphatic heterocycles. The standard InChI is InChI=1S/C15H14FN3O2/c1-10-15(21)13(12(9-20)6-17-10)8-19-18-7-11-4-2-3-5-14(11)16/h2-8,20-21H,9H2,1H3. The molecule has 1 aromatic carbocycles. The van der Waals surface area contributed by atoms with Crippen LogP contribution in [0.2, 0.25) is 0 Å². The van der Waals surface area contributed by atoms with Crippen molar-refractivity contribution in [3.63, 3.8) is 0 Å². The zero-order chi connectivity index (χ0) is 15.2. The van der Waals surface area contributed by atoms with Crippen LogP contribution in [0.4, 0.5) is 4.39 Å². The van der Waals surface area contributed by atoms with Crippen LogP contribution in [0.1, 0.15) is 22.4 Å². The van der Waals surface area contributed by atoms with Gasteiger partial charge in [0.05, 0.1) is 24.7 Å². The second-order valence-electron chi connectivity index (χ2n) is 4.30. The molecule has 1 aromatic heterocycles. The lowest BCUT2D eigenvalue weighted by molar-refractivity contribution is 0.280. The van der Waals surface area contributed by atoms with Crippen LogP contribution in [0, 0.1) is 12.7 Å². The summed E-state index contributed by atoms with van der Waals surface area (Å²) in [7, 11) is 0. The van der Waals surface area contributed by atoms with Crippen molar-refractivity contribution in [3.05, 3.63) is 58.7 Å². The summed E-state index contributed by atoms with van der Waals surface area (Å²) in [4.78, 5) is 3.94. The van der Waals surface area contributed by atoms with Gasteiger partial charge in [-0.1, -0.05) is 18.2 Å². The molecular weight excluding hydrogens is 273 g/mol. The highest BCUT2D eigenvalue weighted by Gasteiger charge is 2.08. The van der Waals surface area contributed by atoms with Gasteiger partial charge in [0.15, 0.2) is 0 Å². The maximum atomic E-state index is 13.4. The topological polar surface area (TPSA) is 78.1 Å². The molecule has 0 aliphatic carbocycles. The van der Waals surface area contributed by atoms with E-state index in [9.17, 15) is 14.6 Å². The summed E-state index contributed by atoms with van der Waals surface area (Å²) in [6.45, 7) is 1.36. The Kier molecular flexibility index (Phi) is 4.73. The summed E-state index contributed by atoms with van der Waals surface area (Å²) in [6, 6.07) is 6.17. The van der Waals surface area contributed by atoms with Crippen LogP contribution in [-0.2, 0) is 6.61 Å². The number of aromatic nitrogens is 1. The lowest BCUT2D eigenvalue weighted by Gasteiger charge is -2.06. The van der Waals surface area contributed by atoms with Gasteiger partial charge in [0, 0.05) is 22.9 Å². The molecule has 2 N–H and O–H groups in total. The molecule has 6 heteroatoms. The Balaban J connectivity index is 2.23. The first-order valence-corrected chi connectivity index (χ1v) is 6.22. The number of rotatable bonds is 4. The third kappa shape index (κ3) is 3.49. The number of pyridine rings is 1. The van der Waals surface area contributed by atoms with Crippen molar-refractivity contribution < 1.29 is 14.6 Å².